The van der Waals surface area contributed by atoms with Crippen LogP contribution in [0.2, 0.25) is 0 Å². The Bertz CT molecular complexity index is 613. The summed E-state index contributed by atoms with van der Waals surface area (Å²) < 4.78 is 0. The molecule has 0 aliphatic carbocycles. The second-order valence-corrected chi connectivity index (χ2v) is 7.67. The van der Waals surface area contributed by atoms with Crippen LogP contribution in [0, 0.1) is 18.8 Å². The Morgan fingerprint density at radius 3 is 2.56 bits per heavy atom. The van der Waals surface area contributed by atoms with Gasteiger partial charge in [-0.1, -0.05) is 57.5 Å². The first-order chi connectivity index (χ1) is 11.8. The van der Waals surface area contributed by atoms with Gasteiger partial charge in [-0.2, -0.15) is 0 Å². The minimum Gasteiger partial charge on any atom is -0.341 e. The van der Waals surface area contributed by atoms with Crippen LogP contribution in [-0.2, 0) is 9.59 Å². The third-order valence-corrected chi connectivity index (χ3v) is 4.85. The van der Waals surface area contributed by atoms with Crippen LogP contribution in [-0.4, -0.2) is 42.4 Å². The summed E-state index contributed by atoms with van der Waals surface area (Å²) in [4.78, 5) is 26.8. The summed E-state index contributed by atoms with van der Waals surface area (Å²) in [6.07, 6.45) is 0. The molecule has 1 fully saturated rings. The van der Waals surface area contributed by atoms with Gasteiger partial charge in [0.15, 0.2) is 0 Å². The minimum atomic E-state index is -0.510. The van der Waals surface area contributed by atoms with Crippen molar-refractivity contribution in [3.63, 3.8) is 0 Å². The zero-order chi connectivity index (χ0) is 18.6. The second-order valence-electron chi connectivity index (χ2n) is 7.67. The van der Waals surface area contributed by atoms with Crippen LogP contribution in [0.25, 0.3) is 0 Å². The lowest BCUT2D eigenvalue weighted by molar-refractivity contribution is -0.147. The average molecular weight is 345 g/mol. The van der Waals surface area contributed by atoms with Crippen molar-refractivity contribution in [1.82, 2.24) is 15.5 Å². The van der Waals surface area contributed by atoms with Crippen molar-refractivity contribution in [3.05, 3.63) is 35.4 Å². The zero-order valence-corrected chi connectivity index (χ0v) is 16.0. The average Bonchev–Trinajstić information content (AvgIpc) is 2.58. The van der Waals surface area contributed by atoms with Crippen molar-refractivity contribution in [2.45, 2.75) is 46.7 Å². The molecule has 0 bridgehead atoms. The van der Waals surface area contributed by atoms with E-state index in [2.05, 4.69) is 44.4 Å². The van der Waals surface area contributed by atoms with Crippen molar-refractivity contribution >= 4 is 11.8 Å². The predicted molar refractivity (Wildman–Crippen MR) is 100 cm³/mol. The number of carbonyl (C=O) groups excluding carboxylic acids is 2. The van der Waals surface area contributed by atoms with Gasteiger partial charge in [-0.15, -0.1) is 0 Å². The molecule has 25 heavy (non-hydrogen) atoms. The molecule has 0 aromatic heterocycles. The summed E-state index contributed by atoms with van der Waals surface area (Å²) >= 11 is 0. The third kappa shape index (κ3) is 5.05. The summed E-state index contributed by atoms with van der Waals surface area (Å²) in [6.45, 7) is 12.3. The lowest BCUT2D eigenvalue weighted by atomic mass is 9.94. The molecule has 1 aliphatic rings. The fraction of sp³-hybridized carbons (Fsp3) is 0.600. The van der Waals surface area contributed by atoms with Crippen LogP contribution >= 0.6 is 0 Å². The van der Waals surface area contributed by atoms with Crippen molar-refractivity contribution in [3.8, 4) is 0 Å². The van der Waals surface area contributed by atoms with Crippen LogP contribution in [0.5, 0.6) is 0 Å². The highest BCUT2D eigenvalue weighted by atomic mass is 16.2. The SMILES string of the molecule is Cc1cccc(C(NC(=O)C(=O)N2CCN[C@@H](C(C)C)C2)C(C)C)c1. The Kier molecular flexibility index (Phi) is 6.59. The fourth-order valence-electron chi connectivity index (χ4n) is 3.25. The summed E-state index contributed by atoms with van der Waals surface area (Å²) in [5.41, 5.74) is 2.18. The standard InChI is InChI=1S/C20H31N3O2/c1-13(2)17-12-23(10-9-21-17)20(25)19(24)22-18(14(3)4)16-8-6-7-15(5)11-16/h6-8,11,13-14,17-18,21H,9-10,12H2,1-5H3,(H,22,24)/t17-,18?/m1/s1. The van der Waals surface area contributed by atoms with Crippen molar-refractivity contribution in [1.29, 1.82) is 0 Å². The van der Waals surface area contributed by atoms with Gasteiger partial charge in [-0.25, -0.2) is 0 Å². The molecule has 5 nitrogen and oxygen atoms in total. The van der Waals surface area contributed by atoms with Gasteiger partial charge in [-0.3, -0.25) is 9.59 Å². The number of benzene rings is 1. The van der Waals surface area contributed by atoms with Gasteiger partial charge in [0.2, 0.25) is 0 Å². The van der Waals surface area contributed by atoms with E-state index in [1.165, 1.54) is 0 Å². The first-order valence-electron chi connectivity index (χ1n) is 9.19. The number of piperazine rings is 1. The van der Waals surface area contributed by atoms with Crippen LogP contribution in [0.4, 0.5) is 0 Å². The van der Waals surface area contributed by atoms with Crippen LogP contribution in [0.3, 0.4) is 0 Å². The molecule has 1 aromatic carbocycles. The van der Waals surface area contributed by atoms with Crippen molar-refractivity contribution < 1.29 is 9.59 Å². The second kappa shape index (κ2) is 8.48. The Hall–Kier alpha value is -1.88. The van der Waals surface area contributed by atoms with E-state index >= 15 is 0 Å². The number of amides is 2. The largest absolute Gasteiger partial charge is 0.341 e. The van der Waals surface area contributed by atoms with Gasteiger partial charge in [0, 0.05) is 25.7 Å². The van der Waals surface area contributed by atoms with Gasteiger partial charge in [0.05, 0.1) is 6.04 Å². The monoisotopic (exact) mass is 345 g/mol. The number of nitrogens with zero attached hydrogens (tertiary/aromatic N) is 1. The summed E-state index contributed by atoms with van der Waals surface area (Å²) in [5, 5.41) is 6.36. The molecule has 2 rings (SSSR count). The maximum absolute atomic E-state index is 12.6. The highest BCUT2D eigenvalue weighted by Crippen LogP contribution is 2.22. The lowest BCUT2D eigenvalue weighted by Crippen LogP contribution is -2.57. The quantitative estimate of drug-likeness (QED) is 0.823. The highest BCUT2D eigenvalue weighted by Gasteiger charge is 2.30. The number of aryl methyl sites for hydroxylation is 1. The Balaban J connectivity index is 2.06. The van der Waals surface area contributed by atoms with Crippen LogP contribution in [0.1, 0.15) is 44.9 Å². The molecule has 5 heteroatoms. The predicted octanol–water partition coefficient (Wildman–Crippen LogP) is 2.26. The molecule has 1 heterocycles. The van der Waals surface area contributed by atoms with Gasteiger partial charge in [0.1, 0.15) is 0 Å². The zero-order valence-electron chi connectivity index (χ0n) is 16.0. The number of hydrogen-bond donors (Lipinski definition) is 2. The van der Waals surface area contributed by atoms with E-state index in [0.29, 0.717) is 19.0 Å². The Labute approximate surface area is 151 Å². The summed E-state index contributed by atoms with van der Waals surface area (Å²) in [6, 6.07) is 8.15. The van der Waals surface area contributed by atoms with E-state index in [4.69, 9.17) is 0 Å². The molecule has 0 radical (unpaired) electrons. The highest BCUT2D eigenvalue weighted by molar-refractivity contribution is 6.35. The molecule has 2 amide bonds. The van der Waals surface area contributed by atoms with Crippen molar-refractivity contribution in [2.24, 2.45) is 11.8 Å². The fourth-order valence-corrected chi connectivity index (χ4v) is 3.25. The smallest absolute Gasteiger partial charge is 0.311 e. The summed E-state index contributed by atoms with van der Waals surface area (Å²) in [5.74, 6) is -0.311. The molecule has 1 saturated heterocycles. The molecular weight excluding hydrogens is 314 g/mol. The van der Waals surface area contributed by atoms with E-state index in [0.717, 1.165) is 17.7 Å². The first-order valence-corrected chi connectivity index (χ1v) is 9.19. The first kappa shape index (κ1) is 19.4. The molecule has 0 spiro atoms. The van der Waals surface area contributed by atoms with Crippen LogP contribution < -0.4 is 10.6 Å². The van der Waals surface area contributed by atoms with Crippen molar-refractivity contribution in [2.75, 3.05) is 19.6 Å². The number of carbonyl (C=O) groups is 2. The molecule has 0 saturated carbocycles. The lowest BCUT2D eigenvalue weighted by Gasteiger charge is -2.35. The summed E-state index contributed by atoms with van der Waals surface area (Å²) in [7, 11) is 0. The molecule has 1 aromatic rings. The molecule has 2 atom stereocenters. The van der Waals surface area contributed by atoms with Gasteiger partial charge >= 0.3 is 11.8 Å². The molecule has 1 unspecified atom stereocenters. The van der Waals surface area contributed by atoms with E-state index < -0.39 is 11.8 Å². The molecule has 1 aliphatic heterocycles. The third-order valence-electron chi connectivity index (χ3n) is 4.85. The maximum Gasteiger partial charge on any atom is 0.311 e. The van der Waals surface area contributed by atoms with Gasteiger partial charge in [-0.05, 0) is 24.3 Å². The van der Waals surface area contributed by atoms with Gasteiger partial charge < -0.3 is 15.5 Å². The molecular formula is C20H31N3O2. The topological polar surface area (TPSA) is 61.4 Å². The van der Waals surface area contributed by atoms with E-state index in [1.807, 2.05) is 25.1 Å². The van der Waals surface area contributed by atoms with E-state index in [9.17, 15) is 9.59 Å². The molecule has 2 N–H and O–H groups in total. The Morgan fingerprint density at radius 2 is 1.96 bits per heavy atom. The van der Waals surface area contributed by atoms with Crippen LogP contribution in [0.15, 0.2) is 24.3 Å². The Morgan fingerprint density at radius 1 is 1.24 bits per heavy atom. The van der Waals surface area contributed by atoms with Gasteiger partial charge in [0.25, 0.3) is 0 Å². The number of nitrogens with one attached hydrogen (secondary N) is 2. The normalized spacial score (nSPS) is 19.2. The number of hydrogen-bond acceptors (Lipinski definition) is 3. The minimum absolute atomic E-state index is 0.167. The molecule has 138 valence electrons. The van der Waals surface area contributed by atoms with E-state index in [1.54, 1.807) is 4.90 Å². The maximum atomic E-state index is 12.6. The van der Waals surface area contributed by atoms with E-state index in [-0.39, 0.29) is 18.0 Å². The number of rotatable bonds is 4.